The number of nitrogens with one attached hydrogen (secondary N) is 2. The Balaban J connectivity index is 1.39. The normalized spacial score (nSPS) is 14.4. The summed E-state index contributed by atoms with van der Waals surface area (Å²) >= 11 is 0. The Bertz CT molecular complexity index is 1290. The van der Waals surface area contributed by atoms with Gasteiger partial charge in [0, 0.05) is 12.7 Å². The molecular formula is C26H26N6O3. The second kappa shape index (κ2) is 10.6. The largest absolute Gasteiger partial charge is 0.497 e. The third-order valence-corrected chi connectivity index (χ3v) is 5.59. The lowest BCUT2D eigenvalue weighted by Gasteiger charge is -2.25. The van der Waals surface area contributed by atoms with E-state index in [2.05, 4.69) is 38.7 Å². The Morgan fingerprint density at radius 1 is 1.20 bits per heavy atom. The molecule has 3 aromatic rings. The number of benzene rings is 1. The number of hydrogen-bond donors (Lipinski definition) is 2. The van der Waals surface area contributed by atoms with Gasteiger partial charge in [0.15, 0.2) is 12.1 Å². The molecule has 1 aliphatic carbocycles. The lowest BCUT2D eigenvalue weighted by Crippen LogP contribution is -2.28. The zero-order valence-corrected chi connectivity index (χ0v) is 19.3. The van der Waals surface area contributed by atoms with E-state index in [1.54, 1.807) is 19.6 Å². The number of ether oxygens (including phenoxy) is 3. The van der Waals surface area contributed by atoms with Gasteiger partial charge in [-0.05, 0) is 42.7 Å². The summed E-state index contributed by atoms with van der Waals surface area (Å²) in [6, 6.07) is 11.7. The van der Waals surface area contributed by atoms with Gasteiger partial charge < -0.3 is 19.5 Å². The van der Waals surface area contributed by atoms with Crippen molar-refractivity contribution in [1.29, 1.82) is 0 Å². The molecule has 0 atom stereocenters. The highest BCUT2D eigenvalue weighted by molar-refractivity contribution is 5.70. The Morgan fingerprint density at radius 3 is 3.00 bits per heavy atom. The molecule has 9 heteroatoms. The van der Waals surface area contributed by atoms with Gasteiger partial charge >= 0.3 is 0 Å². The molecule has 1 aromatic carbocycles. The van der Waals surface area contributed by atoms with Crippen LogP contribution >= 0.6 is 0 Å². The summed E-state index contributed by atoms with van der Waals surface area (Å²) in [5.41, 5.74) is 3.14. The highest BCUT2D eigenvalue weighted by atomic mass is 16.5. The number of allylic oxidation sites excluding steroid dienone is 3. The molecule has 0 unspecified atom stereocenters. The van der Waals surface area contributed by atoms with Crippen LogP contribution in [0, 0.1) is 0 Å². The fourth-order valence-corrected chi connectivity index (χ4v) is 3.82. The molecule has 0 saturated heterocycles. The average molecular weight is 471 g/mol. The van der Waals surface area contributed by atoms with E-state index in [4.69, 9.17) is 19.2 Å². The van der Waals surface area contributed by atoms with Gasteiger partial charge in [0.25, 0.3) is 5.95 Å². The monoisotopic (exact) mass is 470 g/mol. The Labute approximate surface area is 203 Å². The van der Waals surface area contributed by atoms with Crippen molar-refractivity contribution in [3.63, 3.8) is 0 Å². The lowest BCUT2D eigenvalue weighted by atomic mass is 10.1. The first-order valence-electron chi connectivity index (χ1n) is 11.3. The van der Waals surface area contributed by atoms with Crippen molar-refractivity contribution < 1.29 is 14.2 Å². The number of hydrogen-bond acceptors (Lipinski definition) is 8. The summed E-state index contributed by atoms with van der Waals surface area (Å²) in [4.78, 5) is 11.2. The molecule has 0 amide bonds. The maximum Gasteiger partial charge on any atom is 0.252 e. The molecule has 0 bridgehead atoms. The third-order valence-electron chi connectivity index (χ3n) is 5.59. The highest BCUT2D eigenvalue weighted by Gasteiger charge is 2.22. The van der Waals surface area contributed by atoms with Gasteiger partial charge in [-0.15, -0.1) is 5.10 Å². The molecule has 2 aromatic heterocycles. The van der Waals surface area contributed by atoms with Crippen LogP contribution in [0.5, 0.6) is 5.75 Å². The Morgan fingerprint density at radius 2 is 2.17 bits per heavy atom. The predicted octanol–water partition coefficient (Wildman–Crippen LogP) is 4.89. The highest BCUT2D eigenvalue weighted by Crippen LogP contribution is 2.28. The first-order chi connectivity index (χ1) is 17.3. The molecule has 5 rings (SSSR count). The predicted molar refractivity (Wildman–Crippen MR) is 133 cm³/mol. The number of anilines is 2. The van der Waals surface area contributed by atoms with Gasteiger partial charge in [0.05, 0.1) is 19.2 Å². The fourth-order valence-electron chi connectivity index (χ4n) is 3.82. The molecule has 0 radical (unpaired) electrons. The van der Waals surface area contributed by atoms with Crippen molar-refractivity contribution in [2.75, 3.05) is 23.9 Å². The van der Waals surface area contributed by atoms with Crippen LogP contribution in [-0.2, 0) is 16.0 Å². The van der Waals surface area contributed by atoms with E-state index in [1.807, 2.05) is 41.3 Å². The van der Waals surface area contributed by atoms with Gasteiger partial charge in [0.1, 0.15) is 24.1 Å². The van der Waals surface area contributed by atoms with Gasteiger partial charge in [-0.3, -0.25) is 10.00 Å². The molecule has 9 nitrogen and oxygen atoms in total. The number of aromatic amines is 1. The van der Waals surface area contributed by atoms with Crippen LogP contribution in [0.4, 0.5) is 11.8 Å². The topological polar surface area (TPSA) is 97.4 Å². The fraction of sp³-hybridized carbons (Fsp3) is 0.192. The first-order valence-corrected chi connectivity index (χ1v) is 11.3. The Kier molecular flexibility index (Phi) is 6.75. The van der Waals surface area contributed by atoms with Crippen LogP contribution in [0.15, 0.2) is 91.1 Å². The zero-order valence-electron chi connectivity index (χ0n) is 19.3. The van der Waals surface area contributed by atoms with Crippen LogP contribution in [0.1, 0.15) is 18.4 Å². The van der Waals surface area contributed by atoms with Crippen LogP contribution < -0.4 is 15.0 Å². The summed E-state index contributed by atoms with van der Waals surface area (Å²) in [7, 11) is 1.66. The van der Waals surface area contributed by atoms with Gasteiger partial charge in [-0.1, -0.05) is 35.9 Å². The van der Waals surface area contributed by atoms with Gasteiger partial charge in [-0.25, -0.2) is 4.98 Å². The summed E-state index contributed by atoms with van der Waals surface area (Å²) in [6.45, 7) is 1.17. The van der Waals surface area contributed by atoms with Crippen LogP contribution in [0.3, 0.4) is 0 Å². The molecule has 35 heavy (non-hydrogen) atoms. The van der Waals surface area contributed by atoms with E-state index in [0.717, 1.165) is 29.7 Å². The smallest absolute Gasteiger partial charge is 0.252 e. The summed E-state index contributed by atoms with van der Waals surface area (Å²) in [6.07, 6.45) is 14.6. The molecule has 0 spiro atoms. The van der Waals surface area contributed by atoms with Crippen molar-refractivity contribution in [1.82, 2.24) is 20.2 Å². The summed E-state index contributed by atoms with van der Waals surface area (Å²) in [5.74, 6) is 3.09. The molecule has 2 aliphatic rings. The lowest BCUT2D eigenvalue weighted by molar-refractivity contribution is 0.248. The minimum absolute atomic E-state index is 0.475. The quantitative estimate of drug-likeness (QED) is 0.456. The number of methoxy groups -OCH3 is 1. The molecule has 178 valence electrons. The standard InChI is InChI=1S/C26H26N6O3/c1-33-21-10-5-9-20(15-21)16-28-24-22(11-6-12-27-24)25-29-26(31-30-25)32(23-18-34-13-14-35-23)17-19-7-3-2-4-8-19/h2-3,5-7,9-15,18H,4,8,16-17H2,1H3,(H,27,28)(H,29,30,31). The van der Waals surface area contributed by atoms with Crippen molar-refractivity contribution in [2.24, 2.45) is 0 Å². The summed E-state index contributed by atoms with van der Waals surface area (Å²) in [5, 5.41) is 10.9. The SMILES string of the molecule is COc1cccc(CNc2ncccc2-c2nc(N(CC3=CC=CCC3)C3=COC=CO3)n[nH]2)c1. The maximum atomic E-state index is 5.69. The average Bonchev–Trinajstić information content (AvgIpc) is 3.42. The maximum absolute atomic E-state index is 5.69. The van der Waals surface area contributed by atoms with E-state index in [-0.39, 0.29) is 0 Å². The second-order valence-corrected chi connectivity index (χ2v) is 7.95. The molecule has 3 heterocycles. The van der Waals surface area contributed by atoms with E-state index in [9.17, 15) is 0 Å². The van der Waals surface area contributed by atoms with Crippen LogP contribution in [0.2, 0.25) is 0 Å². The molecule has 0 fully saturated rings. The van der Waals surface area contributed by atoms with E-state index < -0.39 is 0 Å². The molecule has 0 saturated carbocycles. The van der Waals surface area contributed by atoms with Gasteiger partial charge in [0.2, 0.25) is 5.88 Å². The van der Waals surface area contributed by atoms with E-state index >= 15 is 0 Å². The zero-order chi connectivity index (χ0) is 23.9. The van der Waals surface area contributed by atoms with Gasteiger partial charge in [-0.2, -0.15) is 4.98 Å². The number of H-pyrrole nitrogens is 1. The number of pyridine rings is 1. The van der Waals surface area contributed by atoms with Crippen LogP contribution in [-0.4, -0.2) is 33.8 Å². The molecule has 2 N–H and O–H groups in total. The van der Waals surface area contributed by atoms with E-state index in [0.29, 0.717) is 36.6 Å². The Hall–Kier alpha value is -4.53. The second-order valence-electron chi connectivity index (χ2n) is 7.95. The van der Waals surface area contributed by atoms with Crippen molar-refractivity contribution in [3.05, 3.63) is 96.6 Å². The summed E-state index contributed by atoms with van der Waals surface area (Å²) < 4.78 is 16.3. The van der Waals surface area contributed by atoms with E-state index in [1.165, 1.54) is 18.1 Å². The van der Waals surface area contributed by atoms with Crippen molar-refractivity contribution in [2.45, 2.75) is 19.4 Å². The van der Waals surface area contributed by atoms with Crippen molar-refractivity contribution in [3.8, 4) is 17.1 Å². The third kappa shape index (κ3) is 5.35. The van der Waals surface area contributed by atoms with Crippen molar-refractivity contribution >= 4 is 11.8 Å². The number of nitrogens with zero attached hydrogens (tertiary/aromatic N) is 4. The molecule has 1 aliphatic heterocycles. The number of aromatic nitrogens is 4. The molecular weight excluding hydrogens is 444 g/mol. The minimum atomic E-state index is 0.475. The van der Waals surface area contributed by atoms with Crippen LogP contribution in [0.25, 0.3) is 11.4 Å². The first kappa shape index (κ1) is 22.3. The number of rotatable bonds is 9. The minimum Gasteiger partial charge on any atom is -0.497 e.